The fraction of sp³-hybridized carbons (Fsp3) is 0.848. The molecule has 0 radical (unpaired) electrons. The van der Waals surface area contributed by atoms with Crippen molar-refractivity contribution in [2.24, 2.45) is 52.3 Å². The van der Waals surface area contributed by atoms with Crippen LogP contribution >= 0.6 is 0 Å². The summed E-state index contributed by atoms with van der Waals surface area (Å²) in [4.78, 5) is 35.6. The molecule has 0 aliphatic heterocycles. The molecule has 4 rings (SSSR count). The van der Waals surface area contributed by atoms with Crippen LogP contribution in [0.15, 0.2) is 12.2 Å². The van der Waals surface area contributed by atoms with Gasteiger partial charge in [0.25, 0.3) is 0 Å². The predicted octanol–water partition coefficient (Wildman–Crippen LogP) is 7.00. The number of amides is 1. The fourth-order valence-corrected chi connectivity index (χ4v) is 9.67. The summed E-state index contributed by atoms with van der Waals surface area (Å²) in [5.41, 5.74) is 1.08. The van der Waals surface area contributed by atoms with E-state index in [2.05, 4.69) is 32.7 Å². The minimum Gasteiger partial charge on any atom is -0.481 e. The van der Waals surface area contributed by atoms with E-state index < -0.39 is 18.0 Å². The molecule has 2 N–H and O–H groups in total. The average molecular weight is 560 g/mol. The summed E-state index contributed by atoms with van der Waals surface area (Å²) in [6.07, 6.45) is 11.1. The smallest absolute Gasteiger partial charge is 0.407 e. The first-order chi connectivity index (χ1) is 18.9. The first kappa shape index (κ1) is 30.9. The third kappa shape index (κ3) is 6.23. The third-order valence-electron chi connectivity index (χ3n) is 12.0. The van der Waals surface area contributed by atoms with Crippen molar-refractivity contribution in [1.82, 2.24) is 5.32 Å². The van der Waals surface area contributed by atoms with E-state index in [-0.39, 0.29) is 31.6 Å². The van der Waals surface area contributed by atoms with Gasteiger partial charge in [0.05, 0.1) is 6.54 Å². The lowest BCUT2D eigenvalue weighted by molar-refractivity contribution is -0.140. The predicted molar refractivity (Wildman–Crippen MR) is 154 cm³/mol. The highest BCUT2D eigenvalue weighted by atomic mass is 16.6. The number of hydrogen-bond donors (Lipinski definition) is 2. The van der Waals surface area contributed by atoms with Gasteiger partial charge in [-0.3, -0.25) is 4.79 Å². The number of carbonyl (C=O) groups is 3. The summed E-state index contributed by atoms with van der Waals surface area (Å²) < 4.78 is 11.0. The van der Waals surface area contributed by atoms with Gasteiger partial charge in [-0.25, -0.2) is 9.59 Å². The highest BCUT2D eigenvalue weighted by Gasteiger charge is 2.60. The summed E-state index contributed by atoms with van der Waals surface area (Å²) in [5, 5.41) is 11.9. The molecular formula is C33H53NO6. The van der Waals surface area contributed by atoms with Crippen molar-refractivity contribution in [3.05, 3.63) is 12.2 Å². The molecular weight excluding hydrogens is 506 g/mol. The average Bonchev–Trinajstić information content (AvgIpc) is 3.26. The van der Waals surface area contributed by atoms with E-state index in [1.54, 1.807) is 0 Å². The SMILES string of the molecule is C=C(C(=O)OCCNC(=O)OC1CCC2(C)C(CCC3C2CCC2(C)C(C(C)CCC(=O)O)CCC32)C1)C(C)C. The molecule has 7 heteroatoms. The number of carbonyl (C=O) groups excluding carboxylic acids is 2. The molecule has 4 fully saturated rings. The number of nitrogens with one attached hydrogen (secondary N) is 1. The van der Waals surface area contributed by atoms with Crippen LogP contribution in [0.25, 0.3) is 0 Å². The molecule has 4 aliphatic carbocycles. The topological polar surface area (TPSA) is 102 Å². The zero-order chi connectivity index (χ0) is 29.2. The highest BCUT2D eigenvalue weighted by molar-refractivity contribution is 5.88. The van der Waals surface area contributed by atoms with Crippen LogP contribution in [0.1, 0.15) is 105 Å². The molecule has 0 spiro atoms. The largest absolute Gasteiger partial charge is 0.481 e. The van der Waals surface area contributed by atoms with Gasteiger partial charge in [-0.05, 0) is 116 Å². The number of carboxylic acid groups (broad SMARTS) is 1. The minimum absolute atomic E-state index is 0.0322. The lowest BCUT2D eigenvalue weighted by Gasteiger charge is -2.61. The molecule has 7 nitrogen and oxygen atoms in total. The zero-order valence-electron chi connectivity index (χ0n) is 25.5. The van der Waals surface area contributed by atoms with Crippen molar-refractivity contribution < 1.29 is 29.0 Å². The van der Waals surface area contributed by atoms with E-state index >= 15 is 0 Å². The van der Waals surface area contributed by atoms with Crippen LogP contribution in [0.3, 0.4) is 0 Å². The Bertz CT molecular complexity index is 963. The monoisotopic (exact) mass is 559 g/mol. The number of esters is 1. The van der Waals surface area contributed by atoms with Crippen molar-refractivity contribution in [1.29, 1.82) is 0 Å². The maximum atomic E-state index is 12.5. The van der Waals surface area contributed by atoms with Crippen LogP contribution in [0, 0.1) is 52.3 Å². The Balaban J connectivity index is 1.27. The first-order valence-corrected chi connectivity index (χ1v) is 15.9. The quantitative estimate of drug-likeness (QED) is 0.170. The summed E-state index contributed by atoms with van der Waals surface area (Å²) in [7, 11) is 0. The first-order valence-electron chi connectivity index (χ1n) is 15.9. The molecule has 9 unspecified atom stereocenters. The summed E-state index contributed by atoms with van der Waals surface area (Å²) in [6, 6.07) is 0. The molecule has 0 bridgehead atoms. The van der Waals surface area contributed by atoms with Crippen LogP contribution in [-0.4, -0.2) is 42.4 Å². The van der Waals surface area contributed by atoms with Crippen LogP contribution in [0.5, 0.6) is 0 Å². The van der Waals surface area contributed by atoms with Gasteiger partial charge >= 0.3 is 18.0 Å². The molecule has 0 heterocycles. The second-order valence-corrected chi connectivity index (χ2v) is 14.3. The van der Waals surface area contributed by atoms with E-state index in [1.165, 1.54) is 38.5 Å². The van der Waals surface area contributed by atoms with Gasteiger partial charge in [0.15, 0.2) is 0 Å². The Morgan fingerprint density at radius 3 is 2.38 bits per heavy atom. The Morgan fingerprint density at radius 2 is 1.68 bits per heavy atom. The second-order valence-electron chi connectivity index (χ2n) is 14.3. The van der Waals surface area contributed by atoms with Gasteiger partial charge in [0, 0.05) is 12.0 Å². The second kappa shape index (κ2) is 12.4. The Hall–Kier alpha value is -2.05. The van der Waals surface area contributed by atoms with E-state index in [0.717, 1.165) is 43.4 Å². The van der Waals surface area contributed by atoms with Crippen molar-refractivity contribution in [2.75, 3.05) is 13.2 Å². The standard InChI is InChI=1S/C33H53NO6/c1-20(2)22(4)30(37)39-18-17-34-31(38)40-24-13-15-32(5)23(19-24)8-9-25-27-11-10-26(21(3)7-12-29(35)36)33(27,6)16-14-28(25)32/h20-21,23-28H,4,7-19H2,1-3,5-6H3,(H,34,38)(H,35,36). The van der Waals surface area contributed by atoms with E-state index in [0.29, 0.717) is 34.2 Å². The molecule has 0 aromatic rings. The number of carboxylic acids is 1. The van der Waals surface area contributed by atoms with Crippen molar-refractivity contribution in [3.63, 3.8) is 0 Å². The molecule has 226 valence electrons. The fourth-order valence-electron chi connectivity index (χ4n) is 9.67. The third-order valence-corrected chi connectivity index (χ3v) is 12.0. The van der Waals surface area contributed by atoms with Crippen molar-refractivity contribution in [2.45, 2.75) is 111 Å². The highest BCUT2D eigenvalue weighted by Crippen LogP contribution is 2.68. The molecule has 1 amide bonds. The maximum Gasteiger partial charge on any atom is 0.407 e. The van der Waals surface area contributed by atoms with Crippen LogP contribution in [0.4, 0.5) is 4.79 Å². The van der Waals surface area contributed by atoms with Gasteiger partial charge in [-0.2, -0.15) is 0 Å². The molecule has 9 atom stereocenters. The van der Waals surface area contributed by atoms with Crippen LogP contribution in [0.2, 0.25) is 0 Å². The van der Waals surface area contributed by atoms with Gasteiger partial charge in [0.2, 0.25) is 0 Å². The lowest BCUT2D eigenvalue weighted by Crippen LogP contribution is -2.54. The van der Waals surface area contributed by atoms with Gasteiger partial charge in [-0.1, -0.05) is 41.2 Å². The normalized spacial score (nSPS) is 37.5. The Morgan fingerprint density at radius 1 is 0.975 bits per heavy atom. The number of ether oxygens (including phenoxy) is 2. The molecule has 0 aromatic heterocycles. The number of hydrogen-bond acceptors (Lipinski definition) is 5. The number of fused-ring (bicyclic) bond motifs is 5. The van der Waals surface area contributed by atoms with E-state index in [4.69, 9.17) is 9.47 Å². The zero-order valence-corrected chi connectivity index (χ0v) is 25.5. The van der Waals surface area contributed by atoms with E-state index in [9.17, 15) is 19.5 Å². The molecule has 0 saturated heterocycles. The number of rotatable bonds is 10. The van der Waals surface area contributed by atoms with Crippen molar-refractivity contribution >= 4 is 18.0 Å². The molecule has 0 aromatic carbocycles. The molecule has 4 aliphatic rings. The summed E-state index contributed by atoms with van der Waals surface area (Å²) >= 11 is 0. The minimum atomic E-state index is -0.673. The van der Waals surface area contributed by atoms with Gasteiger partial charge in [-0.15, -0.1) is 0 Å². The van der Waals surface area contributed by atoms with Crippen LogP contribution < -0.4 is 5.32 Å². The van der Waals surface area contributed by atoms with Gasteiger partial charge < -0.3 is 19.9 Å². The maximum absolute atomic E-state index is 12.5. The Labute approximate surface area is 241 Å². The van der Waals surface area contributed by atoms with Crippen molar-refractivity contribution in [3.8, 4) is 0 Å². The summed E-state index contributed by atoms with van der Waals surface area (Å²) in [6.45, 7) is 15.2. The van der Waals surface area contributed by atoms with Gasteiger partial charge in [0.1, 0.15) is 12.7 Å². The lowest BCUT2D eigenvalue weighted by atomic mass is 9.44. The Kier molecular flexibility index (Phi) is 9.61. The van der Waals surface area contributed by atoms with E-state index in [1.807, 2.05) is 13.8 Å². The molecule has 40 heavy (non-hydrogen) atoms. The number of alkyl carbamates (subject to hydrolysis) is 1. The number of aliphatic carboxylic acids is 1. The molecule has 4 saturated carbocycles. The summed E-state index contributed by atoms with van der Waals surface area (Å²) in [5.74, 6) is 2.90. The van der Waals surface area contributed by atoms with Crippen LogP contribution in [-0.2, 0) is 19.1 Å².